The maximum absolute atomic E-state index is 5.48. The maximum Gasteiger partial charge on any atom is 0.222 e. The molecular weight excluding hydrogens is 204 g/mol. The van der Waals surface area contributed by atoms with Crippen molar-refractivity contribution in [1.29, 1.82) is 0 Å². The first-order valence-corrected chi connectivity index (χ1v) is 5.14. The summed E-state index contributed by atoms with van der Waals surface area (Å²) in [6, 6.07) is 0. The Morgan fingerprint density at radius 1 is 1.25 bits per heavy atom. The smallest absolute Gasteiger partial charge is 0.222 e. The van der Waals surface area contributed by atoms with E-state index in [0.29, 0.717) is 11.6 Å². The van der Waals surface area contributed by atoms with Crippen LogP contribution in [0.3, 0.4) is 0 Å². The molecule has 0 saturated carbocycles. The van der Waals surface area contributed by atoms with Crippen LogP contribution in [0.25, 0.3) is 0 Å². The second kappa shape index (κ2) is 5.11. The number of aryl methyl sites for hydroxylation is 1. The molecular formula is C10H14N6. The van der Waals surface area contributed by atoms with E-state index in [2.05, 4.69) is 25.3 Å². The highest BCUT2D eigenvalue weighted by atomic mass is 15.1. The number of rotatable bonds is 5. The van der Waals surface area contributed by atoms with Crippen LogP contribution in [0.15, 0.2) is 24.8 Å². The number of H-pyrrole nitrogens is 1. The summed E-state index contributed by atoms with van der Waals surface area (Å²) in [5, 5.41) is 3.11. The molecule has 2 heterocycles. The Labute approximate surface area is 93.3 Å². The second-order valence-corrected chi connectivity index (χ2v) is 3.41. The van der Waals surface area contributed by atoms with E-state index in [1.54, 1.807) is 18.6 Å². The molecule has 0 aliphatic rings. The first-order chi connectivity index (χ1) is 7.84. The van der Waals surface area contributed by atoms with Crippen LogP contribution in [0.4, 0.5) is 11.6 Å². The number of hydrogen-bond acceptors (Lipinski definition) is 5. The van der Waals surface area contributed by atoms with E-state index >= 15 is 0 Å². The molecule has 0 spiro atoms. The monoisotopic (exact) mass is 218 g/mol. The predicted octanol–water partition coefficient (Wildman–Crippen LogP) is 0.827. The fourth-order valence-corrected chi connectivity index (χ4v) is 1.32. The van der Waals surface area contributed by atoms with Gasteiger partial charge in [-0.15, -0.1) is 0 Å². The quantitative estimate of drug-likeness (QED) is 0.646. The van der Waals surface area contributed by atoms with Gasteiger partial charge in [-0.05, 0) is 6.42 Å². The number of nitrogens with zero attached hydrogens (tertiary/aromatic N) is 3. The van der Waals surface area contributed by atoms with Crippen molar-refractivity contribution in [2.75, 3.05) is 17.6 Å². The molecule has 16 heavy (non-hydrogen) atoms. The van der Waals surface area contributed by atoms with Gasteiger partial charge < -0.3 is 16.0 Å². The molecule has 0 aliphatic heterocycles. The molecule has 6 nitrogen and oxygen atoms in total. The largest absolute Gasteiger partial charge is 0.396 e. The Kier molecular flexibility index (Phi) is 3.32. The van der Waals surface area contributed by atoms with Gasteiger partial charge in [-0.3, -0.25) is 0 Å². The lowest BCUT2D eigenvalue weighted by Crippen LogP contribution is -2.06. The van der Waals surface area contributed by atoms with Crippen LogP contribution in [0, 0.1) is 0 Å². The number of nitrogens with two attached hydrogens (primary N) is 1. The van der Waals surface area contributed by atoms with Crippen LogP contribution in [-0.2, 0) is 6.42 Å². The Bertz CT molecular complexity index is 407. The third-order valence-electron chi connectivity index (χ3n) is 2.10. The van der Waals surface area contributed by atoms with Gasteiger partial charge in [-0.2, -0.15) is 0 Å². The SMILES string of the molecule is Nc1cnc(NCCCc2ncc[nH]2)nc1. The second-order valence-electron chi connectivity index (χ2n) is 3.41. The molecule has 0 fully saturated rings. The highest BCUT2D eigenvalue weighted by Gasteiger charge is 1.96. The first-order valence-electron chi connectivity index (χ1n) is 5.14. The van der Waals surface area contributed by atoms with Crippen molar-refractivity contribution in [3.63, 3.8) is 0 Å². The molecule has 2 rings (SSSR count). The summed E-state index contributed by atoms with van der Waals surface area (Å²) >= 11 is 0. The minimum atomic E-state index is 0.570. The Morgan fingerprint density at radius 3 is 2.75 bits per heavy atom. The number of aromatic nitrogens is 4. The minimum Gasteiger partial charge on any atom is -0.396 e. The highest BCUT2D eigenvalue weighted by Crippen LogP contribution is 2.01. The summed E-state index contributed by atoms with van der Waals surface area (Å²) in [6.07, 6.45) is 8.64. The molecule has 0 bridgehead atoms. The average molecular weight is 218 g/mol. The van der Waals surface area contributed by atoms with Gasteiger partial charge in [-0.1, -0.05) is 0 Å². The average Bonchev–Trinajstić information content (AvgIpc) is 2.80. The lowest BCUT2D eigenvalue weighted by molar-refractivity contribution is 0.810. The molecule has 0 amide bonds. The van der Waals surface area contributed by atoms with Crippen LogP contribution in [-0.4, -0.2) is 26.5 Å². The van der Waals surface area contributed by atoms with Crippen molar-refractivity contribution in [3.05, 3.63) is 30.6 Å². The van der Waals surface area contributed by atoms with Gasteiger partial charge in [0, 0.05) is 25.4 Å². The van der Waals surface area contributed by atoms with Crippen molar-refractivity contribution < 1.29 is 0 Å². The standard InChI is InChI=1S/C10H14N6/c11-8-6-15-10(16-7-8)14-3-1-2-9-12-4-5-13-9/h4-7H,1-3,11H2,(H,12,13)(H,14,15,16). The lowest BCUT2D eigenvalue weighted by atomic mass is 10.3. The van der Waals surface area contributed by atoms with Crippen LogP contribution in [0.1, 0.15) is 12.2 Å². The van der Waals surface area contributed by atoms with E-state index < -0.39 is 0 Å². The Hall–Kier alpha value is -2.11. The van der Waals surface area contributed by atoms with Gasteiger partial charge in [0.2, 0.25) is 5.95 Å². The molecule has 0 aliphatic carbocycles. The Morgan fingerprint density at radius 2 is 2.06 bits per heavy atom. The molecule has 0 saturated heterocycles. The zero-order chi connectivity index (χ0) is 11.2. The van der Waals surface area contributed by atoms with E-state index in [1.165, 1.54) is 0 Å². The van der Waals surface area contributed by atoms with Crippen molar-refractivity contribution in [3.8, 4) is 0 Å². The van der Waals surface area contributed by atoms with E-state index in [1.807, 2.05) is 6.20 Å². The number of anilines is 2. The van der Waals surface area contributed by atoms with E-state index in [0.717, 1.165) is 25.2 Å². The van der Waals surface area contributed by atoms with Gasteiger partial charge in [0.15, 0.2) is 0 Å². The van der Waals surface area contributed by atoms with Crippen LogP contribution in [0.5, 0.6) is 0 Å². The minimum absolute atomic E-state index is 0.570. The highest BCUT2D eigenvalue weighted by molar-refractivity contribution is 5.35. The molecule has 0 unspecified atom stereocenters. The molecule has 0 atom stereocenters. The number of aromatic amines is 1. The number of hydrogen-bond donors (Lipinski definition) is 3. The molecule has 6 heteroatoms. The predicted molar refractivity (Wildman–Crippen MR) is 61.8 cm³/mol. The van der Waals surface area contributed by atoms with Gasteiger partial charge >= 0.3 is 0 Å². The van der Waals surface area contributed by atoms with Crippen LogP contribution in [0.2, 0.25) is 0 Å². The van der Waals surface area contributed by atoms with E-state index in [4.69, 9.17) is 5.73 Å². The topological polar surface area (TPSA) is 92.5 Å². The zero-order valence-electron chi connectivity index (χ0n) is 8.85. The van der Waals surface area contributed by atoms with Crippen molar-refractivity contribution in [2.45, 2.75) is 12.8 Å². The van der Waals surface area contributed by atoms with Crippen molar-refractivity contribution >= 4 is 11.6 Å². The van der Waals surface area contributed by atoms with Gasteiger partial charge in [0.05, 0.1) is 18.1 Å². The van der Waals surface area contributed by atoms with Crippen molar-refractivity contribution in [2.24, 2.45) is 0 Å². The van der Waals surface area contributed by atoms with Crippen molar-refractivity contribution in [1.82, 2.24) is 19.9 Å². The molecule has 0 aromatic carbocycles. The Balaban J connectivity index is 1.70. The van der Waals surface area contributed by atoms with Crippen LogP contribution < -0.4 is 11.1 Å². The zero-order valence-corrected chi connectivity index (χ0v) is 8.85. The molecule has 4 N–H and O–H groups in total. The summed E-state index contributed by atoms with van der Waals surface area (Å²) in [6.45, 7) is 0.810. The molecule has 0 radical (unpaired) electrons. The van der Waals surface area contributed by atoms with E-state index in [9.17, 15) is 0 Å². The summed E-state index contributed by atoms with van der Waals surface area (Å²) < 4.78 is 0. The molecule has 2 aromatic rings. The van der Waals surface area contributed by atoms with E-state index in [-0.39, 0.29) is 0 Å². The first kappa shape index (κ1) is 10.4. The summed E-state index contributed by atoms with van der Waals surface area (Å²) in [5.41, 5.74) is 6.05. The summed E-state index contributed by atoms with van der Waals surface area (Å²) in [5.74, 6) is 1.61. The molecule has 2 aromatic heterocycles. The fourth-order valence-electron chi connectivity index (χ4n) is 1.32. The van der Waals surface area contributed by atoms with Gasteiger partial charge in [-0.25, -0.2) is 15.0 Å². The maximum atomic E-state index is 5.48. The summed E-state index contributed by atoms with van der Waals surface area (Å²) in [7, 11) is 0. The van der Waals surface area contributed by atoms with Gasteiger partial charge in [0.1, 0.15) is 5.82 Å². The summed E-state index contributed by atoms with van der Waals surface area (Å²) in [4.78, 5) is 15.3. The molecule has 84 valence electrons. The lowest BCUT2D eigenvalue weighted by Gasteiger charge is -2.03. The van der Waals surface area contributed by atoms with Crippen LogP contribution >= 0.6 is 0 Å². The normalized spacial score (nSPS) is 10.2. The third kappa shape index (κ3) is 2.94. The number of nitrogens with one attached hydrogen (secondary N) is 2. The number of imidazole rings is 1. The third-order valence-corrected chi connectivity index (χ3v) is 2.10. The van der Waals surface area contributed by atoms with Gasteiger partial charge in [0.25, 0.3) is 0 Å². The number of nitrogen functional groups attached to an aromatic ring is 1. The fraction of sp³-hybridized carbons (Fsp3) is 0.300.